The van der Waals surface area contributed by atoms with E-state index >= 15 is 0 Å². The summed E-state index contributed by atoms with van der Waals surface area (Å²) in [5.41, 5.74) is 1.17. The van der Waals surface area contributed by atoms with Crippen molar-refractivity contribution in [2.45, 2.75) is 25.7 Å². The van der Waals surface area contributed by atoms with Gasteiger partial charge in [-0.1, -0.05) is 54.1 Å². The molecule has 2 heterocycles. The number of phenols is 1. The highest BCUT2D eigenvalue weighted by atomic mass is 35.5. The second-order valence-electron chi connectivity index (χ2n) is 12.5. The number of halogens is 2. The fraction of sp³-hybridized carbons (Fsp3) is 0.278. The SMILES string of the molecule is C=Cc1ccc(N2C(=O)C3CC=C4C(CC5C(=O)N(c6ccc(F)c(Cl)c6)C(=O)C5(C)C4c4ccc(OC)cc4O)C3C2=O)cc1. The number of rotatable bonds is 5. The molecule has 3 fully saturated rings. The number of ether oxygens (including phenoxy) is 1. The van der Waals surface area contributed by atoms with Gasteiger partial charge >= 0.3 is 0 Å². The van der Waals surface area contributed by atoms with Gasteiger partial charge in [-0.3, -0.25) is 24.1 Å². The Morgan fingerprint density at radius 3 is 2.33 bits per heavy atom. The third-order valence-electron chi connectivity index (χ3n) is 10.4. The number of benzene rings is 3. The van der Waals surface area contributed by atoms with Crippen molar-refractivity contribution in [2.75, 3.05) is 16.9 Å². The van der Waals surface area contributed by atoms with E-state index in [0.29, 0.717) is 17.0 Å². The first kappa shape index (κ1) is 29.9. The first-order chi connectivity index (χ1) is 22.0. The predicted octanol–water partition coefficient (Wildman–Crippen LogP) is 6.27. The summed E-state index contributed by atoms with van der Waals surface area (Å²) in [6, 6.07) is 15.4. The summed E-state index contributed by atoms with van der Waals surface area (Å²) in [5.74, 6) is -5.84. The van der Waals surface area contributed by atoms with Crippen molar-refractivity contribution in [3.05, 3.63) is 101 Å². The maximum atomic E-state index is 14.5. The number of hydrogen-bond donors (Lipinski definition) is 1. The summed E-state index contributed by atoms with van der Waals surface area (Å²) in [7, 11) is 1.47. The van der Waals surface area contributed by atoms with Gasteiger partial charge in [0, 0.05) is 17.5 Å². The van der Waals surface area contributed by atoms with Gasteiger partial charge in [0.05, 0.1) is 46.7 Å². The molecule has 0 aromatic heterocycles. The Bertz CT molecular complexity index is 1890. The first-order valence-electron chi connectivity index (χ1n) is 15.0. The Balaban J connectivity index is 1.36. The van der Waals surface area contributed by atoms with E-state index in [0.717, 1.165) is 22.1 Å². The lowest BCUT2D eigenvalue weighted by Crippen LogP contribution is -2.48. The van der Waals surface area contributed by atoms with Crippen LogP contribution in [0.25, 0.3) is 6.08 Å². The van der Waals surface area contributed by atoms with Gasteiger partial charge in [-0.05, 0) is 67.6 Å². The molecule has 2 saturated heterocycles. The molecular weight excluding hydrogens is 611 g/mol. The molecule has 0 spiro atoms. The largest absolute Gasteiger partial charge is 0.508 e. The van der Waals surface area contributed by atoms with Crippen LogP contribution in [-0.2, 0) is 19.2 Å². The molecule has 46 heavy (non-hydrogen) atoms. The van der Waals surface area contributed by atoms with Crippen LogP contribution in [0.2, 0.25) is 5.02 Å². The van der Waals surface area contributed by atoms with E-state index in [-0.39, 0.29) is 41.1 Å². The summed E-state index contributed by atoms with van der Waals surface area (Å²) >= 11 is 6.06. The number of carbonyl (C=O) groups excluding carboxylic acids is 4. The van der Waals surface area contributed by atoms with Gasteiger partial charge < -0.3 is 9.84 Å². The van der Waals surface area contributed by atoms with Gasteiger partial charge in [-0.25, -0.2) is 9.29 Å². The van der Waals surface area contributed by atoms with Crippen molar-refractivity contribution in [3.8, 4) is 11.5 Å². The van der Waals surface area contributed by atoms with Crippen LogP contribution in [0.15, 0.2) is 78.9 Å². The van der Waals surface area contributed by atoms with Crippen LogP contribution < -0.4 is 14.5 Å². The van der Waals surface area contributed by atoms with Crippen LogP contribution in [0.1, 0.15) is 36.8 Å². The van der Waals surface area contributed by atoms with Gasteiger partial charge in [-0.2, -0.15) is 0 Å². The smallest absolute Gasteiger partial charge is 0.241 e. The Hall–Kier alpha value is -4.76. The second-order valence-corrected chi connectivity index (χ2v) is 12.9. The molecule has 0 bridgehead atoms. The second kappa shape index (κ2) is 10.7. The lowest BCUT2D eigenvalue weighted by Gasteiger charge is -2.49. The number of allylic oxidation sites excluding steroid dienone is 2. The molecule has 1 N–H and O–H groups in total. The highest BCUT2D eigenvalue weighted by molar-refractivity contribution is 6.32. The third-order valence-corrected chi connectivity index (χ3v) is 10.7. The van der Waals surface area contributed by atoms with Crippen LogP contribution >= 0.6 is 11.6 Å². The standard InChI is InChI=1S/C36H30ClFN2O6/c1-4-18-5-7-19(8-6-18)39-32(42)24-13-12-22-25(30(24)34(39)44)17-26-33(43)40(20-9-14-28(38)27(37)15-20)35(45)36(26,2)31(22)23-11-10-21(46-3)16-29(23)41/h4-12,14-16,24-26,30-31,41H,1,13,17H2,2-3H3. The van der Waals surface area contributed by atoms with Crippen molar-refractivity contribution < 1.29 is 33.4 Å². The Morgan fingerprint density at radius 2 is 1.67 bits per heavy atom. The molecule has 3 aromatic carbocycles. The van der Waals surface area contributed by atoms with E-state index < -0.39 is 52.6 Å². The van der Waals surface area contributed by atoms with Gasteiger partial charge in [0.15, 0.2) is 0 Å². The quantitative estimate of drug-likeness (QED) is 0.260. The summed E-state index contributed by atoms with van der Waals surface area (Å²) in [4.78, 5) is 59.0. The van der Waals surface area contributed by atoms with E-state index in [1.165, 1.54) is 30.2 Å². The summed E-state index contributed by atoms with van der Waals surface area (Å²) in [5, 5.41) is 11.1. The third kappa shape index (κ3) is 4.10. The van der Waals surface area contributed by atoms with E-state index in [2.05, 4.69) is 6.58 Å². The Morgan fingerprint density at radius 1 is 0.957 bits per heavy atom. The number of aromatic hydroxyl groups is 1. The molecular formula is C36H30ClFN2O6. The van der Waals surface area contributed by atoms with Gasteiger partial charge in [0.2, 0.25) is 23.6 Å². The van der Waals surface area contributed by atoms with E-state index in [1.54, 1.807) is 49.4 Å². The zero-order valence-electron chi connectivity index (χ0n) is 25.1. The van der Waals surface area contributed by atoms with E-state index in [4.69, 9.17) is 16.3 Å². The van der Waals surface area contributed by atoms with Crippen LogP contribution in [0, 0.1) is 34.9 Å². The molecule has 2 aliphatic heterocycles. The fourth-order valence-electron chi connectivity index (χ4n) is 8.14. The van der Waals surface area contributed by atoms with E-state index in [1.807, 2.05) is 6.08 Å². The van der Waals surface area contributed by atoms with Crippen molar-refractivity contribution in [2.24, 2.45) is 29.1 Å². The van der Waals surface area contributed by atoms with Gasteiger partial charge in [-0.15, -0.1) is 0 Å². The molecule has 2 aliphatic carbocycles. The van der Waals surface area contributed by atoms with Gasteiger partial charge in [0.25, 0.3) is 0 Å². The zero-order valence-corrected chi connectivity index (χ0v) is 25.8. The van der Waals surface area contributed by atoms with E-state index in [9.17, 15) is 28.7 Å². The highest BCUT2D eigenvalue weighted by Gasteiger charge is 2.68. The summed E-state index contributed by atoms with van der Waals surface area (Å²) in [6.07, 6.45) is 3.97. The number of amides is 4. The number of nitrogens with zero attached hydrogens (tertiary/aromatic N) is 2. The molecule has 10 heteroatoms. The molecule has 234 valence electrons. The molecule has 6 atom stereocenters. The normalized spacial score (nSPS) is 28.5. The average Bonchev–Trinajstić information content (AvgIpc) is 3.42. The molecule has 4 aliphatic rings. The minimum absolute atomic E-state index is 0.130. The number of carbonyl (C=O) groups is 4. The Labute approximate surface area is 269 Å². The highest BCUT2D eigenvalue weighted by Crippen LogP contribution is 2.64. The topological polar surface area (TPSA) is 104 Å². The number of phenolic OH excluding ortho intramolecular Hbond substituents is 1. The summed E-state index contributed by atoms with van der Waals surface area (Å²) in [6.45, 7) is 5.46. The number of hydrogen-bond acceptors (Lipinski definition) is 6. The number of imide groups is 2. The van der Waals surface area contributed by atoms with Crippen molar-refractivity contribution in [3.63, 3.8) is 0 Å². The number of fused-ring (bicyclic) bond motifs is 4. The maximum Gasteiger partial charge on any atom is 0.241 e. The fourth-order valence-corrected chi connectivity index (χ4v) is 8.31. The molecule has 7 rings (SSSR count). The first-order valence-corrected chi connectivity index (χ1v) is 15.4. The van der Waals surface area contributed by atoms with Crippen molar-refractivity contribution in [1.29, 1.82) is 0 Å². The minimum atomic E-state index is -1.38. The van der Waals surface area contributed by atoms with Crippen LogP contribution in [0.4, 0.5) is 15.8 Å². The molecule has 6 unspecified atom stereocenters. The summed E-state index contributed by atoms with van der Waals surface area (Å²) < 4.78 is 19.4. The molecule has 8 nitrogen and oxygen atoms in total. The van der Waals surface area contributed by atoms with Crippen molar-refractivity contribution >= 4 is 52.7 Å². The van der Waals surface area contributed by atoms with Crippen LogP contribution in [0.5, 0.6) is 11.5 Å². The maximum absolute atomic E-state index is 14.5. The lowest BCUT2D eigenvalue weighted by atomic mass is 9.51. The predicted molar refractivity (Wildman–Crippen MR) is 170 cm³/mol. The van der Waals surface area contributed by atoms with Crippen LogP contribution in [-0.4, -0.2) is 35.8 Å². The number of methoxy groups -OCH3 is 1. The van der Waals surface area contributed by atoms with Crippen LogP contribution in [0.3, 0.4) is 0 Å². The lowest BCUT2D eigenvalue weighted by molar-refractivity contribution is -0.131. The minimum Gasteiger partial charge on any atom is -0.508 e. The monoisotopic (exact) mass is 640 g/mol. The molecule has 3 aromatic rings. The molecule has 0 radical (unpaired) electrons. The Kier molecular flexibility index (Phi) is 6.93. The average molecular weight is 641 g/mol. The number of anilines is 2. The molecule has 1 saturated carbocycles. The zero-order chi connectivity index (χ0) is 32.7. The molecule has 4 amide bonds. The van der Waals surface area contributed by atoms with Crippen molar-refractivity contribution in [1.82, 2.24) is 0 Å². The van der Waals surface area contributed by atoms with Gasteiger partial charge in [0.1, 0.15) is 17.3 Å².